The first-order chi connectivity index (χ1) is 11.6. The second-order valence-corrected chi connectivity index (χ2v) is 6.07. The molecule has 0 unspecified atom stereocenters. The largest absolute Gasteiger partial charge is 0.494 e. The topological polar surface area (TPSA) is 70.2 Å². The van der Waals surface area contributed by atoms with Crippen molar-refractivity contribution in [1.82, 2.24) is 20.2 Å². The van der Waals surface area contributed by atoms with Gasteiger partial charge in [-0.1, -0.05) is 0 Å². The van der Waals surface area contributed by atoms with Crippen molar-refractivity contribution in [3.63, 3.8) is 0 Å². The molecule has 1 saturated heterocycles. The Morgan fingerprint density at radius 3 is 3.04 bits per heavy atom. The monoisotopic (exact) mass is 332 g/mol. The second kappa shape index (κ2) is 7.00. The van der Waals surface area contributed by atoms with E-state index < -0.39 is 5.82 Å². The number of amides is 1. The molecule has 24 heavy (non-hydrogen) atoms. The molecule has 2 heterocycles. The number of likely N-dealkylation sites (tertiary alicyclic amines) is 1. The Hall–Kier alpha value is -2.41. The van der Waals surface area contributed by atoms with Crippen molar-refractivity contribution in [3.8, 4) is 5.75 Å². The minimum Gasteiger partial charge on any atom is -0.494 e. The highest BCUT2D eigenvalue weighted by Crippen LogP contribution is 2.23. The fourth-order valence-corrected chi connectivity index (χ4v) is 2.92. The zero-order chi connectivity index (χ0) is 17.1. The maximum Gasteiger partial charge on any atom is 0.251 e. The Morgan fingerprint density at radius 2 is 2.38 bits per heavy atom. The molecule has 0 radical (unpaired) electrons. The van der Waals surface area contributed by atoms with Crippen molar-refractivity contribution in [2.24, 2.45) is 0 Å². The van der Waals surface area contributed by atoms with Crippen LogP contribution in [0.3, 0.4) is 0 Å². The van der Waals surface area contributed by atoms with Crippen LogP contribution in [0, 0.1) is 5.82 Å². The van der Waals surface area contributed by atoms with Crippen LogP contribution in [0.15, 0.2) is 24.4 Å². The Labute approximate surface area is 140 Å². The zero-order valence-electron chi connectivity index (χ0n) is 13.8. The van der Waals surface area contributed by atoms with Gasteiger partial charge in [-0.25, -0.2) is 9.37 Å². The van der Waals surface area contributed by atoms with Gasteiger partial charge < -0.3 is 19.9 Å². The lowest BCUT2D eigenvalue weighted by Crippen LogP contribution is -2.23. The minimum absolute atomic E-state index is 0.117. The zero-order valence-corrected chi connectivity index (χ0v) is 13.8. The first-order valence-electron chi connectivity index (χ1n) is 7.91. The van der Waals surface area contributed by atoms with E-state index in [2.05, 4.69) is 27.2 Å². The van der Waals surface area contributed by atoms with Gasteiger partial charge in [-0.15, -0.1) is 0 Å². The third-order valence-electron chi connectivity index (χ3n) is 4.28. The van der Waals surface area contributed by atoms with E-state index in [9.17, 15) is 9.18 Å². The maximum absolute atomic E-state index is 13.7. The Morgan fingerprint density at radius 1 is 1.54 bits per heavy atom. The lowest BCUT2D eigenvalue weighted by Gasteiger charge is -2.08. The number of nitrogens with one attached hydrogen (secondary N) is 2. The number of imidazole rings is 1. The molecule has 1 atom stereocenters. The summed E-state index contributed by atoms with van der Waals surface area (Å²) in [5.74, 6) is 0.591. The average molecular weight is 332 g/mol. The summed E-state index contributed by atoms with van der Waals surface area (Å²) in [7, 11) is 3.48. The molecule has 2 aromatic rings. The number of aromatic nitrogens is 2. The number of hydrogen-bond acceptors (Lipinski definition) is 4. The van der Waals surface area contributed by atoms with Crippen LogP contribution in [0.1, 0.15) is 34.2 Å². The smallest absolute Gasteiger partial charge is 0.251 e. The van der Waals surface area contributed by atoms with Crippen LogP contribution in [0.2, 0.25) is 0 Å². The minimum atomic E-state index is -0.556. The predicted molar refractivity (Wildman–Crippen MR) is 87.6 cm³/mol. The van der Waals surface area contributed by atoms with Gasteiger partial charge in [0.05, 0.1) is 25.5 Å². The van der Waals surface area contributed by atoms with Crippen molar-refractivity contribution in [2.75, 3.05) is 27.2 Å². The number of nitrogens with zero attached hydrogens (tertiary/aromatic N) is 2. The van der Waals surface area contributed by atoms with E-state index in [1.165, 1.54) is 25.3 Å². The molecule has 1 amide bonds. The summed E-state index contributed by atoms with van der Waals surface area (Å²) < 4.78 is 18.5. The van der Waals surface area contributed by atoms with Crippen LogP contribution in [0.4, 0.5) is 4.39 Å². The second-order valence-electron chi connectivity index (χ2n) is 6.07. The van der Waals surface area contributed by atoms with Crippen LogP contribution >= 0.6 is 0 Å². The standard InChI is InChI=1S/C17H21FN4O2/c1-22-6-5-12(10-22)16-19-8-13(21-16)9-20-17(23)11-3-4-15(24-2)14(18)7-11/h3-4,7-8,12H,5-6,9-10H2,1-2H3,(H,19,21)(H,20,23)/t12-/m1/s1. The normalized spacial score (nSPS) is 17.9. The van der Waals surface area contributed by atoms with E-state index in [1.807, 2.05) is 0 Å². The molecule has 0 bridgehead atoms. The average Bonchev–Trinajstić information content (AvgIpc) is 3.21. The van der Waals surface area contributed by atoms with E-state index in [4.69, 9.17) is 4.74 Å². The summed E-state index contributed by atoms with van der Waals surface area (Å²) in [6, 6.07) is 4.14. The Kier molecular flexibility index (Phi) is 4.80. The number of likely N-dealkylation sites (N-methyl/N-ethyl adjacent to an activating group) is 1. The summed E-state index contributed by atoms with van der Waals surface area (Å²) >= 11 is 0. The van der Waals surface area contributed by atoms with Crippen LogP contribution in [0.25, 0.3) is 0 Å². The van der Waals surface area contributed by atoms with E-state index in [0.29, 0.717) is 12.5 Å². The fraction of sp³-hybridized carbons (Fsp3) is 0.412. The molecule has 3 rings (SSSR count). The van der Waals surface area contributed by atoms with Gasteiger partial charge in [0, 0.05) is 18.0 Å². The van der Waals surface area contributed by atoms with Gasteiger partial charge in [0.1, 0.15) is 5.82 Å². The molecule has 1 fully saturated rings. The quantitative estimate of drug-likeness (QED) is 0.877. The van der Waals surface area contributed by atoms with E-state index in [0.717, 1.165) is 31.0 Å². The van der Waals surface area contributed by atoms with Gasteiger partial charge in [-0.3, -0.25) is 4.79 Å². The van der Waals surface area contributed by atoms with Gasteiger partial charge in [-0.05, 0) is 38.2 Å². The van der Waals surface area contributed by atoms with E-state index >= 15 is 0 Å². The number of H-pyrrole nitrogens is 1. The number of carbonyl (C=O) groups is 1. The molecule has 0 spiro atoms. The van der Waals surface area contributed by atoms with Gasteiger partial charge in [0.15, 0.2) is 11.6 Å². The summed E-state index contributed by atoms with van der Waals surface area (Å²) in [6.45, 7) is 2.38. The molecule has 6 nitrogen and oxygen atoms in total. The van der Waals surface area contributed by atoms with Crippen LogP contribution in [-0.4, -0.2) is 48.0 Å². The maximum atomic E-state index is 13.7. The van der Waals surface area contributed by atoms with Gasteiger partial charge in [0.25, 0.3) is 5.91 Å². The number of benzene rings is 1. The van der Waals surface area contributed by atoms with E-state index in [-0.39, 0.29) is 17.2 Å². The number of hydrogen-bond donors (Lipinski definition) is 2. The van der Waals surface area contributed by atoms with Gasteiger partial charge >= 0.3 is 0 Å². The lowest BCUT2D eigenvalue weighted by atomic mass is 10.1. The first-order valence-corrected chi connectivity index (χ1v) is 7.91. The van der Waals surface area contributed by atoms with Crippen molar-refractivity contribution in [3.05, 3.63) is 47.3 Å². The third-order valence-corrected chi connectivity index (χ3v) is 4.28. The number of aromatic amines is 1. The molecule has 1 aliphatic heterocycles. The molecule has 1 aliphatic rings. The molecule has 128 valence electrons. The molecule has 0 saturated carbocycles. The van der Waals surface area contributed by atoms with E-state index in [1.54, 1.807) is 6.20 Å². The van der Waals surface area contributed by atoms with Gasteiger partial charge in [0.2, 0.25) is 0 Å². The predicted octanol–water partition coefficient (Wildman–Crippen LogP) is 1.91. The van der Waals surface area contributed by atoms with Crippen molar-refractivity contribution >= 4 is 5.91 Å². The molecular formula is C17H21FN4O2. The molecule has 1 aromatic heterocycles. The van der Waals surface area contributed by atoms with Crippen molar-refractivity contribution in [2.45, 2.75) is 18.9 Å². The van der Waals surface area contributed by atoms with Crippen molar-refractivity contribution < 1.29 is 13.9 Å². The van der Waals surface area contributed by atoms with Crippen LogP contribution in [0.5, 0.6) is 5.75 Å². The third kappa shape index (κ3) is 3.56. The SMILES string of the molecule is COc1ccc(C(=O)NCc2cnc([C@@H]3CCN(C)C3)[nH]2)cc1F. The van der Waals surface area contributed by atoms with Crippen LogP contribution < -0.4 is 10.1 Å². The number of rotatable bonds is 5. The highest BCUT2D eigenvalue weighted by molar-refractivity contribution is 5.94. The molecule has 1 aromatic carbocycles. The van der Waals surface area contributed by atoms with Crippen LogP contribution in [-0.2, 0) is 6.54 Å². The lowest BCUT2D eigenvalue weighted by molar-refractivity contribution is 0.0950. The summed E-state index contributed by atoms with van der Waals surface area (Å²) in [4.78, 5) is 22.1. The summed E-state index contributed by atoms with van der Waals surface area (Å²) in [6.07, 6.45) is 2.82. The Balaban J connectivity index is 1.58. The summed E-state index contributed by atoms with van der Waals surface area (Å²) in [5.41, 5.74) is 1.09. The number of ether oxygens (including phenoxy) is 1. The number of methoxy groups -OCH3 is 1. The molecule has 2 N–H and O–H groups in total. The summed E-state index contributed by atoms with van der Waals surface area (Å²) in [5, 5.41) is 2.76. The number of halogens is 1. The first kappa shape index (κ1) is 16.4. The highest BCUT2D eigenvalue weighted by Gasteiger charge is 2.23. The van der Waals surface area contributed by atoms with Crippen molar-refractivity contribution in [1.29, 1.82) is 0 Å². The van der Waals surface area contributed by atoms with Gasteiger partial charge in [-0.2, -0.15) is 0 Å². The molecular weight excluding hydrogens is 311 g/mol. The molecule has 0 aliphatic carbocycles. The molecule has 7 heteroatoms. The number of carbonyl (C=O) groups excluding carboxylic acids is 1. The Bertz CT molecular complexity index is 731. The highest BCUT2D eigenvalue weighted by atomic mass is 19.1. The fourth-order valence-electron chi connectivity index (χ4n) is 2.92.